The van der Waals surface area contributed by atoms with Crippen LogP contribution in [0.4, 0.5) is 0 Å². The molecule has 110 valence electrons. The first kappa shape index (κ1) is 16.1. The maximum atomic E-state index is 11.7. The smallest absolute Gasteiger partial charge is 0.333 e. The van der Waals surface area contributed by atoms with Crippen molar-refractivity contribution in [2.75, 3.05) is 6.61 Å². The van der Waals surface area contributed by atoms with Gasteiger partial charge in [-0.1, -0.05) is 13.8 Å². The number of aliphatic hydroxyl groups excluding tert-OH is 1. The fraction of sp³-hybridized carbons (Fsp3) is 0.786. The average Bonchev–Trinajstić information content (AvgIpc) is 2.40. The van der Waals surface area contributed by atoms with Crippen LogP contribution in [0, 0.1) is 0 Å². The molecule has 0 aromatic carbocycles. The van der Waals surface area contributed by atoms with Gasteiger partial charge in [0.15, 0.2) is 0 Å². The van der Waals surface area contributed by atoms with Gasteiger partial charge in [-0.2, -0.15) is 0 Å². The topological polar surface area (TPSA) is 81.8 Å². The Kier molecular flexibility index (Phi) is 6.48. The summed E-state index contributed by atoms with van der Waals surface area (Å²) < 4.78 is 10.8. The summed E-state index contributed by atoms with van der Waals surface area (Å²) in [6, 6.07) is -0.501. The van der Waals surface area contributed by atoms with E-state index in [0.717, 1.165) is 12.8 Å². The number of hydrogen-bond donors (Lipinski definition) is 2. The number of nitrogens with two attached hydrogens (primary N) is 1. The molecule has 0 aromatic heterocycles. The van der Waals surface area contributed by atoms with E-state index in [1.54, 1.807) is 13.0 Å². The van der Waals surface area contributed by atoms with Crippen LogP contribution in [-0.2, 0) is 14.3 Å². The van der Waals surface area contributed by atoms with Crippen molar-refractivity contribution in [3.05, 3.63) is 11.6 Å². The summed E-state index contributed by atoms with van der Waals surface area (Å²) in [7, 11) is 0. The van der Waals surface area contributed by atoms with Crippen LogP contribution in [-0.4, -0.2) is 42.0 Å². The monoisotopic (exact) mass is 271 g/mol. The van der Waals surface area contributed by atoms with E-state index in [0.29, 0.717) is 12.2 Å². The van der Waals surface area contributed by atoms with Gasteiger partial charge in [-0.05, 0) is 25.8 Å². The van der Waals surface area contributed by atoms with E-state index in [1.165, 1.54) is 0 Å². The van der Waals surface area contributed by atoms with Gasteiger partial charge in [-0.3, -0.25) is 0 Å². The molecule has 19 heavy (non-hydrogen) atoms. The van der Waals surface area contributed by atoms with Crippen molar-refractivity contribution in [1.82, 2.24) is 0 Å². The Hall–Kier alpha value is -0.910. The first-order valence-electron chi connectivity index (χ1n) is 7.00. The Bertz CT molecular complexity index is 325. The summed E-state index contributed by atoms with van der Waals surface area (Å²) in [5, 5.41) is 9.94. The van der Waals surface area contributed by atoms with Gasteiger partial charge in [-0.25, -0.2) is 4.79 Å². The Morgan fingerprint density at radius 2 is 2.11 bits per heavy atom. The standard InChI is InChI=1S/C14H25NO4/c1-4-10(5-2)19-12-8-9(14(17)18-6-3)7-11(16)13(12)15/h8,10-13,16H,4-7,15H2,1-3H3/t11-,12-,13-/m1/s1. The molecule has 0 bridgehead atoms. The van der Waals surface area contributed by atoms with E-state index in [9.17, 15) is 9.90 Å². The largest absolute Gasteiger partial charge is 0.463 e. The van der Waals surface area contributed by atoms with Crippen LogP contribution in [0.25, 0.3) is 0 Å². The molecule has 0 saturated heterocycles. The van der Waals surface area contributed by atoms with Gasteiger partial charge < -0.3 is 20.3 Å². The van der Waals surface area contributed by atoms with Crippen molar-refractivity contribution in [3.63, 3.8) is 0 Å². The molecule has 0 aromatic rings. The van der Waals surface area contributed by atoms with Gasteiger partial charge in [0.2, 0.25) is 0 Å². The van der Waals surface area contributed by atoms with E-state index in [4.69, 9.17) is 15.2 Å². The fourth-order valence-corrected chi connectivity index (χ4v) is 2.17. The third-order valence-corrected chi connectivity index (χ3v) is 3.42. The number of rotatable bonds is 6. The average molecular weight is 271 g/mol. The minimum absolute atomic E-state index is 0.0843. The zero-order valence-electron chi connectivity index (χ0n) is 12.0. The zero-order chi connectivity index (χ0) is 14.4. The highest BCUT2D eigenvalue weighted by atomic mass is 16.5. The van der Waals surface area contributed by atoms with E-state index in [1.807, 2.05) is 13.8 Å². The lowest BCUT2D eigenvalue weighted by Crippen LogP contribution is -2.49. The lowest BCUT2D eigenvalue weighted by Gasteiger charge is -2.33. The van der Waals surface area contributed by atoms with E-state index in [2.05, 4.69) is 0 Å². The van der Waals surface area contributed by atoms with Crippen LogP contribution in [0.1, 0.15) is 40.0 Å². The predicted octanol–water partition coefficient (Wildman–Crippen LogP) is 1.14. The second-order valence-electron chi connectivity index (χ2n) is 4.80. The molecule has 0 fully saturated rings. The van der Waals surface area contributed by atoms with Crippen LogP contribution in [0.5, 0.6) is 0 Å². The molecule has 0 spiro atoms. The summed E-state index contributed by atoms with van der Waals surface area (Å²) in [6.45, 7) is 6.14. The quantitative estimate of drug-likeness (QED) is 0.708. The molecule has 3 atom stereocenters. The highest BCUT2D eigenvalue weighted by molar-refractivity contribution is 5.88. The van der Waals surface area contributed by atoms with Gasteiger partial charge in [0.05, 0.1) is 31.0 Å². The molecular formula is C14H25NO4. The molecule has 0 saturated carbocycles. The molecule has 0 unspecified atom stereocenters. The number of aliphatic hydroxyl groups is 1. The summed E-state index contributed by atoms with van der Waals surface area (Å²) >= 11 is 0. The van der Waals surface area contributed by atoms with E-state index < -0.39 is 24.2 Å². The van der Waals surface area contributed by atoms with Crippen LogP contribution < -0.4 is 5.73 Å². The van der Waals surface area contributed by atoms with Crippen molar-refractivity contribution in [2.45, 2.75) is 64.4 Å². The zero-order valence-corrected chi connectivity index (χ0v) is 12.0. The first-order chi connectivity index (χ1) is 9.03. The van der Waals surface area contributed by atoms with Crippen LogP contribution >= 0.6 is 0 Å². The molecule has 0 heterocycles. The maximum Gasteiger partial charge on any atom is 0.333 e. The van der Waals surface area contributed by atoms with Gasteiger partial charge >= 0.3 is 5.97 Å². The normalized spacial score (nSPS) is 27.3. The Morgan fingerprint density at radius 3 is 2.63 bits per heavy atom. The van der Waals surface area contributed by atoms with E-state index in [-0.39, 0.29) is 12.5 Å². The van der Waals surface area contributed by atoms with Crippen molar-refractivity contribution < 1.29 is 19.4 Å². The Labute approximate surface area is 114 Å². The number of hydrogen-bond acceptors (Lipinski definition) is 5. The van der Waals surface area contributed by atoms with Crippen molar-refractivity contribution in [2.24, 2.45) is 5.73 Å². The highest BCUT2D eigenvalue weighted by Crippen LogP contribution is 2.23. The minimum atomic E-state index is -0.774. The lowest BCUT2D eigenvalue weighted by atomic mass is 9.90. The van der Waals surface area contributed by atoms with Crippen LogP contribution in [0.2, 0.25) is 0 Å². The number of ether oxygens (including phenoxy) is 2. The summed E-state index contributed by atoms with van der Waals surface area (Å²) in [4.78, 5) is 11.7. The fourth-order valence-electron chi connectivity index (χ4n) is 2.17. The van der Waals surface area contributed by atoms with Crippen molar-refractivity contribution in [3.8, 4) is 0 Å². The molecule has 0 aliphatic heterocycles. The Balaban J connectivity index is 2.81. The van der Waals surface area contributed by atoms with Crippen LogP contribution in [0.15, 0.2) is 11.6 Å². The maximum absolute atomic E-state index is 11.7. The SMILES string of the molecule is CCOC(=O)C1=C[C@@H](OC(CC)CC)[C@H](N)[C@H](O)C1. The van der Waals surface area contributed by atoms with Gasteiger partial charge in [0.25, 0.3) is 0 Å². The third kappa shape index (κ3) is 4.30. The molecule has 1 aliphatic carbocycles. The lowest BCUT2D eigenvalue weighted by molar-refractivity contribution is -0.139. The van der Waals surface area contributed by atoms with E-state index >= 15 is 0 Å². The highest BCUT2D eigenvalue weighted by Gasteiger charge is 2.33. The third-order valence-electron chi connectivity index (χ3n) is 3.42. The molecule has 5 heteroatoms. The van der Waals surface area contributed by atoms with Crippen molar-refractivity contribution >= 4 is 5.97 Å². The molecular weight excluding hydrogens is 246 g/mol. The minimum Gasteiger partial charge on any atom is -0.463 e. The van der Waals surface area contributed by atoms with Gasteiger partial charge in [0, 0.05) is 12.0 Å². The molecule has 0 amide bonds. The number of carbonyl (C=O) groups excluding carboxylic acids is 1. The summed E-state index contributed by atoms with van der Waals surface area (Å²) in [5.41, 5.74) is 6.40. The van der Waals surface area contributed by atoms with Gasteiger partial charge in [0.1, 0.15) is 0 Å². The summed E-state index contributed by atoms with van der Waals surface area (Å²) in [6.07, 6.45) is 2.55. The molecule has 1 rings (SSSR count). The van der Waals surface area contributed by atoms with Crippen LogP contribution in [0.3, 0.4) is 0 Å². The molecule has 0 radical (unpaired) electrons. The molecule has 1 aliphatic rings. The second-order valence-corrected chi connectivity index (χ2v) is 4.80. The summed E-state index contributed by atoms with van der Waals surface area (Å²) in [5.74, 6) is -0.397. The Morgan fingerprint density at radius 1 is 1.47 bits per heavy atom. The first-order valence-corrected chi connectivity index (χ1v) is 7.00. The second kappa shape index (κ2) is 7.62. The number of esters is 1. The van der Waals surface area contributed by atoms with Crippen molar-refractivity contribution in [1.29, 1.82) is 0 Å². The van der Waals surface area contributed by atoms with Gasteiger partial charge in [-0.15, -0.1) is 0 Å². The molecule has 5 nitrogen and oxygen atoms in total. The molecule has 3 N–H and O–H groups in total. The number of carbonyl (C=O) groups is 1. The predicted molar refractivity (Wildman–Crippen MR) is 72.6 cm³/mol.